The van der Waals surface area contributed by atoms with Crippen LogP contribution in [0.2, 0.25) is 5.02 Å². The van der Waals surface area contributed by atoms with Gasteiger partial charge in [0.15, 0.2) is 0 Å². The largest absolute Gasteiger partial charge is 0.375 e. The van der Waals surface area contributed by atoms with Crippen molar-refractivity contribution in [3.63, 3.8) is 0 Å². The molecule has 2 unspecified atom stereocenters. The van der Waals surface area contributed by atoms with E-state index in [0.717, 1.165) is 43.0 Å². The molecule has 140 valence electrons. The van der Waals surface area contributed by atoms with E-state index in [1.54, 1.807) is 0 Å². The second-order valence-corrected chi connectivity index (χ2v) is 8.13. The van der Waals surface area contributed by atoms with Crippen molar-refractivity contribution in [3.05, 3.63) is 70.5 Å². The smallest absolute Gasteiger partial charge is 0.123 e. The highest BCUT2D eigenvalue weighted by molar-refractivity contribution is 6.30. The van der Waals surface area contributed by atoms with Crippen molar-refractivity contribution in [1.29, 1.82) is 0 Å². The standard InChI is InChI=1S/C22H27ClFNO/c1-22(2)15-20(12-14-26-22)25-13-11-21(16-3-7-18(23)8-4-16)17-5-9-19(24)10-6-17/h3-10,20-21,25H,11-15H2,1-2H3. The van der Waals surface area contributed by atoms with E-state index in [0.29, 0.717) is 6.04 Å². The van der Waals surface area contributed by atoms with Crippen molar-refractivity contribution in [2.75, 3.05) is 13.2 Å². The van der Waals surface area contributed by atoms with E-state index < -0.39 is 0 Å². The SMILES string of the molecule is CC1(C)CC(NCCC(c2ccc(F)cc2)c2ccc(Cl)cc2)CCO1. The van der Waals surface area contributed by atoms with Crippen LogP contribution in [0.15, 0.2) is 48.5 Å². The van der Waals surface area contributed by atoms with Gasteiger partial charge >= 0.3 is 0 Å². The summed E-state index contributed by atoms with van der Waals surface area (Å²) < 4.78 is 19.1. The molecule has 2 nitrogen and oxygen atoms in total. The van der Waals surface area contributed by atoms with E-state index in [1.807, 2.05) is 24.3 Å². The summed E-state index contributed by atoms with van der Waals surface area (Å²) in [5.74, 6) is 0.0133. The van der Waals surface area contributed by atoms with Crippen LogP contribution in [0.4, 0.5) is 4.39 Å². The zero-order valence-corrected chi connectivity index (χ0v) is 16.2. The predicted octanol–water partition coefficient (Wildman–Crippen LogP) is 5.55. The molecule has 1 heterocycles. The molecule has 2 aromatic carbocycles. The fourth-order valence-electron chi connectivity index (χ4n) is 3.75. The van der Waals surface area contributed by atoms with Crippen LogP contribution in [-0.2, 0) is 4.74 Å². The Labute approximate surface area is 160 Å². The quantitative estimate of drug-likeness (QED) is 0.714. The minimum atomic E-state index is -0.203. The zero-order chi connectivity index (χ0) is 18.6. The van der Waals surface area contributed by atoms with Gasteiger partial charge in [0.2, 0.25) is 0 Å². The Kier molecular flexibility index (Phi) is 6.33. The molecule has 1 saturated heterocycles. The summed E-state index contributed by atoms with van der Waals surface area (Å²) in [6, 6.07) is 15.3. The Balaban J connectivity index is 1.68. The van der Waals surface area contributed by atoms with E-state index in [9.17, 15) is 4.39 Å². The van der Waals surface area contributed by atoms with E-state index >= 15 is 0 Å². The summed E-state index contributed by atoms with van der Waals surface area (Å²) in [4.78, 5) is 0. The minimum Gasteiger partial charge on any atom is -0.375 e. The predicted molar refractivity (Wildman–Crippen MR) is 105 cm³/mol. The zero-order valence-electron chi connectivity index (χ0n) is 15.5. The lowest BCUT2D eigenvalue weighted by Gasteiger charge is -2.36. The molecule has 26 heavy (non-hydrogen) atoms. The molecule has 0 saturated carbocycles. The van der Waals surface area contributed by atoms with Crippen LogP contribution >= 0.6 is 11.6 Å². The van der Waals surface area contributed by atoms with Crippen LogP contribution in [0.1, 0.15) is 50.2 Å². The van der Waals surface area contributed by atoms with Gasteiger partial charge in [-0.05, 0) is 75.0 Å². The fourth-order valence-corrected chi connectivity index (χ4v) is 3.88. The van der Waals surface area contributed by atoms with E-state index in [2.05, 4.69) is 31.3 Å². The van der Waals surface area contributed by atoms with E-state index in [4.69, 9.17) is 16.3 Å². The van der Waals surface area contributed by atoms with Crippen LogP contribution in [0.3, 0.4) is 0 Å². The van der Waals surface area contributed by atoms with Gasteiger partial charge < -0.3 is 10.1 Å². The topological polar surface area (TPSA) is 21.3 Å². The molecule has 1 aliphatic rings. The Morgan fingerprint density at radius 2 is 1.73 bits per heavy atom. The molecule has 0 aliphatic carbocycles. The maximum atomic E-state index is 13.3. The van der Waals surface area contributed by atoms with Crippen molar-refractivity contribution in [2.24, 2.45) is 0 Å². The molecular weight excluding hydrogens is 349 g/mol. The number of nitrogens with one attached hydrogen (secondary N) is 1. The summed E-state index contributed by atoms with van der Waals surface area (Å²) in [5.41, 5.74) is 2.28. The number of hydrogen-bond acceptors (Lipinski definition) is 2. The highest BCUT2D eigenvalue weighted by atomic mass is 35.5. The molecule has 2 atom stereocenters. The summed E-state index contributed by atoms with van der Waals surface area (Å²) in [6.45, 7) is 6.01. The van der Waals surface area contributed by atoms with Gasteiger partial charge in [0, 0.05) is 23.6 Å². The Morgan fingerprint density at radius 3 is 2.35 bits per heavy atom. The molecule has 1 fully saturated rings. The highest BCUT2D eigenvalue weighted by Gasteiger charge is 2.28. The maximum absolute atomic E-state index is 13.3. The number of halogens is 2. The van der Waals surface area contributed by atoms with Crippen molar-refractivity contribution >= 4 is 11.6 Å². The molecule has 0 radical (unpaired) electrons. The van der Waals surface area contributed by atoms with Crippen molar-refractivity contribution < 1.29 is 9.13 Å². The van der Waals surface area contributed by atoms with Crippen LogP contribution in [0.5, 0.6) is 0 Å². The first kappa shape index (κ1) is 19.3. The molecule has 1 N–H and O–H groups in total. The van der Waals surface area contributed by atoms with Gasteiger partial charge in [-0.25, -0.2) is 4.39 Å². The first-order chi connectivity index (χ1) is 12.4. The van der Waals surface area contributed by atoms with E-state index in [1.165, 1.54) is 17.7 Å². The summed E-state index contributed by atoms with van der Waals surface area (Å²) in [5, 5.41) is 4.42. The lowest BCUT2D eigenvalue weighted by atomic mass is 9.88. The Morgan fingerprint density at radius 1 is 1.12 bits per heavy atom. The van der Waals surface area contributed by atoms with Crippen LogP contribution in [-0.4, -0.2) is 24.8 Å². The molecule has 0 bridgehead atoms. The molecule has 3 rings (SSSR count). The Bertz CT molecular complexity index is 654. The number of ether oxygens (including phenoxy) is 1. The van der Waals surface area contributed by atoms with Crippen LogP contribution < -0.4 is 5.32 Å². The monoisotopic (exact) mass is 375 g/mol. The van der Waals surface area contributed by atoms with Crippen molar-refractivity contribution in [3.8, 4) is 0 Å². The normalized spacial score (nSPS) is 20.7. The fraction of sp³-hybridized carbons (Fsp3) is 0.455. The van der Waals surface area contributed by atoms with Gasteiger partial charge in [0.1, 0.15) is 5.82 Å². The van der Waals surface area contributed by atoms with Crippen LogP contribution in [0, 0.1) is 5.82 Å². The van der Waals surface area contributed by atoms with Gasteiger partial charge in [0.25, 0.3) is 0 Å². The number of rotatable bonds is 6. The van der Waals surface area contributed by atoms with Crippen molar-refractivity contribution in [1.82, 2.24) is 5.32 Å². The average Bonchev–Trinajstić information content (AvgIpc) is 2.60. The molecule has 0 aromatic heterocycles. The second kappa shape index (κ2) is 8.51. The van der Waals surface area contributed by atoms with Gasteiger partial charge in [-0.2, -0.15) is 0 Å². The molecule has 1 aliphatic heterocycles. The lowest BCUT2D eigenvalue weighted by Crippen LogP contribution is -2.44. The number of hydrogen-bond donors (Lipinski definition) is 1. The van der Waals surface area contributed by atoms with Crippen molar-refractivity contribution in [2.45, 2.75) is 50.7 Å². The maximum Gasteiger partial charge on any atom is 0.123 e. The molecule has 4 heteroatoms. The Hall–Kier alpha value is -1.42. The third kappa shape index (κ3) is 5.29. The van der Waals surface area contributed by atoms with Gasteiger partial charge in [0.05, 0.1) is 5.60 Å². The summed E-state index contributed by atoms with van der Waals surface area (Å²) >= 11 is 6.04. The summed E-state index contributed by atoms with van der Waals surface area (Å²) in [7, 11) is 0. The van der Waals surface area contributed by atoms with Gasteiger partial charge in [-0.15, -0.1) is 0 Å². The third-order valence-corrected chi connectivity index (χ3v) is 5.36. The summed E-state index contributed by atoms with van der Waals surface area (Å²) in [6.07, 6.45) is 3.02. The molecule has 2 aromatic rings. The van der Waals surface area contributed by atoms with Gasteiger partial charge in [-0.3, -0.25) is 0 Å². The van der Waals surface area contributed by atoms with E-state index in [-0.39, 0.29) is 17.3 Å². The number of benzene rings is 2. The average molecular weight is 376 g/mol. The lowest BCUT2D eigenvalue weighted by molar-refractivity contribution is -0.0628. The first-order valence-corrected chi connectivity index (χ1v) is 9.69. The molecule has 0 spiro atoms. The first-order valence-electron chi connectivity index (χ1n) is 9.31. The molecule has 0 amide bonds. The van der Waals surface area contributed by atoms with Gasteiger partial charge in [-0.1, -0.05) is 35.9 Å². The minimum absolute atomic E-state index is 0.0531. The molecular formula is C22H27ClFNO. The second-order valence-electron chi connectivity index (χ2n) is 7.70. The van der Waals surface area contributed by atoms with Crippen LogP contribution in [0.25, 0.3) is 0 Å². The highest BCUT2D eigenvalue weighted by Crippen LogP contribution is 2.29. The third-order valence-electron chi connectivity index (χ3n) is 5.11.